The van der Waals surface area contributed by atoms with Gasteiger partial charge in [0.25, 0.3) is 0 Å². The maximum atomic E-state index is 13.4. The Kier molecular flexibility index (Phi) is 3.51. The van der Waals surface area contributed by atoms with E-state index < -0.39 is 39.5 Å². The molecule has 0 aliphatic heterocycles. The molecule has 1 aromatic carbocycles. The second kappa shape index (κ2) is 5.33. The number of nitrogens with zero attached hydrogens (tertiary/aromatic N) is 3. The smallest absolute Gasteiger partial charge is 0.392 e. The molecular formula is C14H11F3N6O2. The molecule has 0 spiro atoms. The number of alkyl halides is 3. The van der Waals surface area contributed by atoms with E-state index in [-0.39, 0.29) is 5.56 Å². The number of aryl methyl sites for hydroxylation is 1. The highest BCUT2D eigenvalue weighted by Crippen LogP contribution is 2.45. The predicted octanol–water partition coefficient (Wildman–Crippen LogP) is 3.02. The highest BCUT2D eigenvalue weighted by atomic mass is 19.4. The first kappa shape index (κ1) is 16.5. The molecule has 0 amide bonds. The van der Waals surface area contributed by atoms with Gasteiger partial charge in [0, 0.05) is 10.9 Å². The standard InChI is InChI=1S/C14H11F3N6O2/c1-5-2-6(3-7-4-20-22-10(5)7)8-9(18)11(23(24)25)13(19)21-12(8)14(15,16)17/h2-4H,1H3,(H,20,22)(H4,18,19,21). The van der Waals surface area contributed by atoms with Crippen LogP contribution in [0.5, 0.6) is 0 Å². The lowest BCUT2D eigenvalue weighted by atomic mass is 9.97. The highest BCUT2D eigenvalue weighted by molar-refractivity contribution is 5.93. The molecule has 5 N–H and O–H groups in total. The number of nitrogens with one attached hydrogen (secondary N) is 1. The van der Waals surface area contributed by atoms with E-state index in [0.29, 0.717) is 16.5 Å². The molecule has 0 atom stereocenters. The highest BCUT2D eigenvalue weighted by Gasteiger charge is 2.40. The normalized spacial score (nSPS) is 11.8. The van der Waals surface area contributed by atoms with Crippen molar-refractivity contribution in [2.24, 2.45) is 0 Å². The average molecular weight is 352 g/mol. The molecule has 11 heteroatoms. The monoisotopic (exact) mass is 352 g/mol. The molecule has 130 valence electrons. The number of nitrogens with two attached hydrogens (primary N) is 2. The molecule has 0 saturated carbocycles. The van der Waals surface area contributed by atoms with Gasteiger partial charge < -0.3 is 11.5 Å². The van der Waals surface area contributed by atoms with Crippen LogP contribution in [0.4, 0.5) is 30.4 Å². The average Bonchev–Trinajstić information content (AvgIpc) is 2.94. The van der Waals surface area contributed by atoms with Crippen molar-refractivity contribution in [3.63, 3.8) is 0 Å². The molecule has 8 nitrogen and oxygen atoms in total. The van der Waals surface area contributed by atoms with Crippen LogP contribution >= 0.6 is 0 Å². The summed E-state index contributed by atoms with van der Waals surface area (Å²) in [5.74, 6) is -0.889. The Balaban J connectivity index is 2.43. The molecule has 25 heavy (non-hydrogen) atoms. The lowest BCUT2D eigenvalue weighted by Crippen LogP contribution is -2.15. The maximum Gasteiger partial charge on any atom is 0.434 e. The SMILES string of the molecule is Cc1cc(-c2c(C(F)(F)F)nc(N)c([N+](=O)[O-])c2N)cc2cn[nH]c12. The van der Waals surface area contributed by atoms with E-state index in [0.717, 1.165) is 0 Å². The van der Waals surface area contributed by atoms with E-state index in [1.54, 1.807) is 6.92 Å². The van der Waals surface area contributed by atoms with Gasteiger partial charge in [0.05, 0.1) is 16.6 Å². The zero-order chi connectivity index (χ0) is 18.5. The Bertz CT molecular complexity index is 1010. The van der Waals surface area contributed by atoms with E-state index in [4.69, 9.17) is 11.5 Å². The van der Waals surface area contributed by atoms with Crippen molar-refractivity contribution in [2.45, 2.75) is 13.1 Å². The fraction of sp³-hybridized carbons (Fsp3) is 0.143. The van der Waals surface area contributed by atoms with E-state index in [2.05, 4.69) is 15.2 Å². The Hall–Kier alpha value is -3.37. The number of H-pyrrole nitrogens is 1. The summed E-state index contributed by atoms with van der Waals surface area (Å²) in [6.07, 6.45) is -3.47. The molecule has 3 aromatic rings. The van der Waals surface area contributed by atoms with Crippen molar-refractivity contribution in [1.29, 1.82) is 0 Å². The van der Waals surface area contributed by atoms with Crippen LogP contribution in [0.15, 0.2) is 18.3 Å². The number of rotatable bonds is 2. The summed E-state index contributed by atoms with van der Waals surface area (Å²) in [5, 5.41) is 18.2. The van der Waals surface area contributed by atoms with E-state index >= 15 is 0 Å². The summed E-state index contributed by atoms with van der Waals surface area (Å²) in [5.41, 5.74) is 8.78. The molecule has 0 unspecified atom stereocenters. The zero-order valence-corrected chi connectivity index (χ0v) is 12.7. The Labute approximate surface area is 137 Å². The summed E-state index contributed by atoms with van der Waals surface area (Å²) < 4.78 is 40.3. The van der Waals surface area contributed by atoms with Gasteiger partial charge in [-0.2, -0.15) is 18.3 Å². The van der Waals surface area contributed by atoms with Crippen LogP contribution in [0.25, 0.3) is 22.0 Å². The summed E-state index contributed by atoms with van der Waals surface area (Å²) in [7, 11) is 0. The minimum Gasteiger partial charge on any atom is -0.392 e. The van der Waals surface area contributed by atoms with Crippen LogP contribution in [0.2, 0.25) is 0 Å². The summed E-state index contributed by atoms with van der Waals surface area (Å²) in [6.45, 7) is 1.66. The van der Waals surface area contributed by atoms with Crippen molar-refractivity contribution in [2.75, 3.05) is 11.5 Å². The molecule has 2 heterocycles. The molecule has 2 aromatic heterocycles. The molecule has 0 aliphatic rings. The first-order valence-corrected chi connectivity index (χ1v) is 6.86. The number of aromatic nitrogens is 3. The number of hydrogen-bond acceptors (Lipinski definition) is 6. The first-order valence-electron chi connectivity index (χ1n) is 6.86. The second-order valence-electron chi connectivity index (χ2n) is 5.37. The number of aromatic amines is 1. The van der Waals surface area contributed by atoms with Gasteiger partial charge in [0.1, 0.15) is 5.69 Å². The number of nitro groups is 1. The van der Waals surface area contributed by atoms with E-state index in [1.165, 1.54) is 18.3 Å². The summed E-state index contributed by atoms with van der Waals surface area (Å²) in [4.78, 5) is 13.4. The Morgan fingerprint density at radius 3 is 2.56 bits per heavy atom. The number of hydrogen-bond donors (Lipinski definition) is 3. The van der Waals surface area contributed by atoms with Gasteiger partial charge in [0.15, 0.2) is 5.69 Å². The van der Waals surface area contributed by atoms with E-state index in [9.17, 15) is 23.3 Å². The minimum absolute atomic E-state index is 0.0341. The minimum atomic E-state index is -4.90. The number of fused-ring (bicyclic) bond motifs is 1. The van der Waals surface area contributed by atoms with Crippen molar-refractivity contribution >= 4 is 28.1 Å². The maximum absolute atomic E-state index is 13.4. The van der Waals surface area contributed by atoms with Gasteiger partial charge in [-0.15, -0.1) is 0 Å². The van der Waals surface area contributed by atoms with Crippen LogP contribution in [0.3, 0.4) is 0 Å². The quantitative estimate of drug-likeness (QED) is 0.479. The molecule has 0 radical (unpaired) electrons. The second-order valence-corrected chi connectivity index (χ2v) is 5.37. The lowest BCUT2D eigenvalue weighted by molar-refractivity contribution is -0.383. The third-order valence-corrected chi connectivity index (χ3v) is 3.72. The number of pyridine rings is 1. The van der Waals surface area contributed by atoms with Crippen LogP contribution in [-0.4, -0.2) is 20.1 Å². The van der Waals surface area contributed by atoms with Crippen molar-refractivity contribution < 1.29 is 18.1 Å². The van der Waals surface area contributed by atoms with Gasteiger partial charge in [-0.1, -0.05) is 0 Å². The Morgan fingerprint density at radius 2 is 1.96 bits per heavy atom. The molecule has 0 aliphatic carbocycles. The lowest BCUT2D eigenvalue weighted by Gasteiger charge is -2.16. The van der Waals surface area contributed by atoms with Crippen molar-refractivity contribution in [1.82, 2.24) is 15.2 Å². The summed E-state index contributed by atoms with van der Waals surface area (Å²) in [6, 6.07) is 2.82. The zero-order valence-electron chi connectivity index (χ0n) is 12.7. The van der Waals surface area contributed by atoms with Gasteiger partial charge in [-0.3, -0.25) is 15.2 Å². The van der Waals surface area contributed by atoms with Gasteiger partial charge in [-0.25, -0.2) is 4.98 Å². The molecule has 3 rings (SSSR count). The number of halogens is 3. The van der Waals surface area contributed by atoms with Gasteiger partial charge >= 0.3 is 11.9 Å². The van der Waals surface area contributed by atoms with Crippen LogP contribution in [0, 0.1) is 17.0 Å². The van der Waals surface area contributed by atoms with Gasteiger partial charge in [0.2, 0.25) is 5.82 Å². The number of benzene rings is 1. The topological polar surface area (TPSA) is 137 Å². The van der Waals surface area contributed by atoms with Crippen molar-refractivity contribution in [3.8, 4) is 11.1 Å². The fourth-order valence-electron chi connectivity index (χ4n) is 2.68. The molecular weight excluding hydrogens is 341 g/mol. The number of anilines is 2. The molecule has 0 bridgehead atoms. The molecule has 0 fully saturated rings. The largest absolute Gasteiger partial charge is 0.434 e. The van der Waals surface area contributed by atoms with E-state index in [1.807, 2.05) is 0 Å². The number of nitrogen functional groups attached to an aromatic ring is 2. The van der Waals surface area contributed by atoms with Crippen LogP contribution in [-0.2, 0) is 6.18 Å². The predicted molar refractivity (Wildman–Crippen MR) is 84.5 cm³/mol. The Morgan fingerprint density at radius 1 is 1.28 bits per heavy atom. The first-order chi connectivity index (χ1) is 11.6. The third kappa shape index (κ3) is 2.58. The fourth-order valence-corrected chi connectivity index (χ4v) is 2.68. The van der Waals surface area contributed by atoms with Crippen molar-refractivity contribution in [3.05, 3.63) is 39.7 Å². The van der Waals surface area contributed by atoms with Crippen LogP contribution < -0.4 is 11.5 Å². The van der Waals surface area contributed by atoms with Crippen LogP contribution in [0.1, 0.15) is 11.3 Å². The third-order valence-electron chi connectivity index (χ3n) is 3.72. The molecule has 0 saturated heterocycles. The summed E-state index contributed by atoms with van der Waals surface area (Å²) >= 11 is 0. The van der Waals surface area contributed by atoms with Gasteiger partial charge in [-0.05, 0) is 30.2 Å².